The summed E-state index contributed by atoms with van der Waals surface area (Å²) in [6, 6.07) is 7.03. The van der Waals surface area contributed by atoms with Gasteiger partial charge in [-0.25, -0.2) is 0 Å². The number of ether oxygens (including phenoxy) is 1. The van der Waals surface area contributed by atoms with Crippen molar-refractivity contribution in [2.45, 2.75) is 19.4 Å². The maximum atomic E-state index is 12.2. The minimum atomic E-state index is -0.161. The number of rotatable bonds is 4. The van der Waals surface area contributed by atoms with Crippen molar-refractivity contribution in [1.82, 2.24) is 9.80 Å². The van der Waals surface area contributed by atoms with Crippen LogP contribution in [0.5, 0.6) is 0 Å². The lowest BCUT2D eigenvalue weighted by Gasteiger charge is -2.31. The second kappa shape index (κ2) is 5.95. The first-order valence-corrected chi connectivity index (χ1v) is 7.46. The van der Waals surface area contributed by atoms with Gasteiger partial charge < -0.3 is 4.74 Å². The number of hydrogen-bond donors (Lipinski definition) is 0. The highest BCUT2D eigenvalue weighted by atomic mass is 16.5. The molecule has 0 aliphatic carbocycles. The third kappa shape index (κ3) is 2.84. The molecular formula is C16H20N2O3. The van der Waals surface area contributed by atoms with Gasteiger partial charge in [-0.2, -0.15) is 0 Å². The Labute approximate surface area is 124 Å². The van der Waals surface area contributed by atoms with Crippen molar-refractivity contribution in [2.75, 3.05) is 32.8 Å². The van der Waals surface area contributed by atoms with Crippen LogP contribution in [-0.4, -0.2) is 60.5 Å². The van der Waals surface area contributed by atoms with Crippen molar-refractivity contribution < 1.29 is 14.3 Å². The zero-order chi connectivity index (χ0) is 14.8. The second-order valence-corrected chi connectivity index (χ2v) is 5.64. The average Bonchev–Trinajstić information content (AvgIpc) is 2.73. The van der Waals surface area contributed by atoms with E-state index in [2.05, 4.69) is 11.8 Å². The average molecular weight is 288 g/mol. The van der Waals surface area contributed by atoms with E-state index in [4.69, 9.17) is 4.74 Å². The summed E-state index contributed by atoms with van der Waals surface area (Å²) in [6.45, 7) is 6.04. The zero-order valence-electron chi connectivity index (χ0n) is 12.2. The molecular weight excluding hydrogens is 268 g/mol. The molecule has 0 unspecified atom stereocenters. The molecule has 2 aliphatic rings. The van der Waals surface area contributed by atoms with Crippen LogP contribution in [0.25, 0.3) is 0 Å². The Bertz CT molecular complexity index is 523. The molecule has 1 aromatic carbocycles. The number of imide groups is 1. The molecule has 1 aromatic rings. The minimum Gasteiger partial charge on any atom is -0.376 e. The maximum absolute atomic E-state index is 12.2. The fourth-order valence-electron chi connectivity index (χ4n) is 2.99. The molecule has 0 bridgehead atoms. The van der Waals surface area contributed by atoms with Gasteiger partial charge in [-0.1, -0.05) is 12.1 Å². The smallest absolute Gasteiger partial charge is 0.261 e. The number of carbonyl (C=O) groups excluding carboxylic acids is 2. The van der Waals surface area contributed by atoms with Gasteiger partial charge in [0.25, 0.3) is 11.8 Å². The van der Waals surface area contributed by atoms with Crippen LogP contribution < -0.4 is 0 Å². The van der Waals surface area contributed by atoms with E-state index in [9.17, 15) is 9.59 Å². The predicted molar refractivity (Wildman–Crippen MR) is 78.3 cm³/mol. The van der Waals surface area contributed by atoms with Crippen LogP contribution in [0.4, 0.5) is 0 Å². The van der Waals surface area contributed by atoms with Crippen molar-refractivity contribution in [3.63, 3.8) is 0 Å². The van der Waals surface area contributed by atoms with Gasteiger partial charge in [-0.15, -0.1) is 0 Å². The summed E-state index contributed by atoms with van der Waals surface area (Å²) in [5, 5.41) is 0. The Kier molecular flexibility index (Phi) is 4.03. The summed E-state index contributed by atoms with van der Waals surface area (Å²) in [4.78, 5) is 28.1. The normalized spacial score (nSPS) is 22.7. The largest absolute Gasteiger partial charge is 0.376 e. The predicted octanol–water partition coefficient (Wildman–Crippen LogP) is 1.39. The molecule has 5 nitrogen and oxygen atoms in total. The van der Waals surface area contributed by atoms with Crippen molar-refractivity contribution in [3.8, 4) is 0 Å². The van der Waals surface area contributed by atoms with E-state index >= 15 is 0 Å². The van der Waals surface area contributed by atoms with Crippen molar-refractivity contribution in [3.05, 3.63) is 35.4 Å². The van der Waals surface area contributed by atoms with Crippen molar-refractivity contribution in [1.29, 1.82) is 0 Å². The van der Waals surface area contributed by atoms with E-state index in [-0.39, 0.29) is 17.9 Å². The molecule has 112 valence electrons. The minimum absolute atomic E-state index is 0.161. The van der Waals surface area contributed by atoms with E-state index < -0.39 is 0 Å². The molecule has 1 saturated heterocycles. The van der Waals surface area contributed by atoms with Gasteiger partial charge in [-0.3, -0.25) is 19.4 Å². The fourth-order valence-corrected chi connectivity index (χ4v) is 2.99. The third-order valence-corrected chi connectivity index (χ3v) is 4.06. The van der Waals surface area contributed by atoms with E-state index in [1.54, 1.807) is 24.3 Å². The lowest BCUT2D eigenvalue weighted by atomic mass is 10.1. The molecule has 0 saturated carbocycles. The highest BCUT2D eigenvalue weighted by Gasteiger charge is 2.34. The lowest BCUT2D eigenvalue weighted by molar-refractivity contribution is -0.0189. The Hall–Kier alpha value is -1.72. The maximum Gasteiger partial charge on any atom is 0.261 e. The molecule has 5 heteroatoms. The van der Waals surface area contributed by atoms with Crippen LogP contribution in [0.15, 0.2) is 24.3 Å². The van der Waals surface area contributed by atoms with Gasteiger partial charge in [-0.05, 0) is 25.5 Å². The van der Waals surface area contributed by atoms with Crippen molar-refractivity contribution in [2.24, 2.45) is 0 Å². The van der Waals surface area contributed by atoms with E-state index in [1.807, 2.05) is 0 Å². The molecule has 2 amide bonds. The topological polar surface area (TPSA) is 49.9 Å². The van der Waals surface area contributed by atoms with Gasteiger partial charge >= 0.3 is 0 Å². The standard InChI is InChI=1S/C16H20N2O3/c1-12-11-17(9-10-21-12)7-4-8-18-15(19)13-5-2-3-6-14(13)16(18)20/h2-3,5-6,12H,4,7-11H2,1H3/t12-/m0/s1. The highest BCUT2D eigenvalue weighted by molar-refractivity contribution is 6.21. The molecule has 1 atom stereocenters. The van der Waals surface area contributed by atoms with Gasteiger partial charge in [0.15, 0.2) is 0 Å². The monoisotopic (exact) mass is 288 g/mol. The van der Waals surface area contributed by atoms with Crippen LogP contribution in [-0.2, 0) is 4.74 Å². The molecule has 0 N–H and O–H groups in total. The Balaban J connectivity index is 1.55. The summed E-state index contributed by atoms with van der Waals surface area (Å²) in [7, 11) is 0. The number of morpholine rings is 1. The van der Waals surface area contributed by atoms with E-state index in [1.165, 1.54) is 4.90 Å². The van der Waals surface area contributed by atoms with Gasteiger partial charge in [0.1, 0.15) is 0 Å². The van der Waals surface area contributed by atoms with Crippen LogP contribution >= 0.6 is 0 Å². The van der Waals surface area contributed by atoms with Crippen LogP contribution in [0.2, 0.25) is 0 Å². The van der Waals surface area contributed by atoms with Crippen LogP contribution in [0, 0.1) is 0 Å². The highest BCUT2D eigenvalue weighted by Crippen LogP contribution is 2.22. The molecule has 1 fully saturated rings. The van der Waals surface area contributed by atoms with Gasteiger partial charge in [0.2, 0.25) is 0 Å². The number of carbonyl (C=O) groups is 2. The van der Waals surface area contributed by atoms with Crippen molar-refractivity contribution >= 4 is 11.8 Å². The third-order valence-electron chi connectivity index (χ3n) is 4.06. The zero-order valence-corrected chi connectivity index (χ0v) is 12.2. The van der Waals surface area contributed by atoms with Crippen LogP contribution in [0.3, 0.4) is 0 Å². The molecule has 0 radical (unpaired) electrons. The van der Waals surface area contributed by atoms with E-state index in [0.29, 0.717) is 17.7 Å². The number of benzene rings is 1. The van der Waals surface area contributed by atoms with Gasteiger partial charge in [0.05, 0.1) is 23.8 Å². The number of hydrogen-bond acceptors (Lipinski definition) is 4. The first-order valence-electron chi connectivity index (χ1n) is 7.46. The summed E-state index contributed by atoms with van der Waals surface area (Å²) in [5.74, 6) is -0.322. The molecule has 3 rings (SSSR count). The Morgan fingerprint density at radius 2 is 1.81 bits per heavy atom. The first kappa shape index (κ1) is 14.2. The first-order chi connectivity index (χ1) is 10.2. The Morgan fingerprint density at radius 3 is 2.43 bits per heavy atom. The molecule has 21 heavy (non-hydrogen) atoms. The quantitative estimate of drug-likeness (QED) is 0.786. The molecule has 0 aromatic heterocycles. The molecule has 2 heterocycles. The fraction of sp³-hybridized carbons (Fsp3) is 0.500. The summed E-state index contributed by atoms with van der Waals surface area (Å²) in [5.41, 5.74) is 1.06. The number of fused-ring (bicyclic) bond motifs is 1. The van der Waals surface area contributed by atoms with E-state index in [0.717, 1.165) is 32.7 Å². The second-order valence-electron chi connectivity index (χ2n) is 5.64. The summed E-state index contributed by atoms with van der Waals surface area (Å²) in [6.07, 6.45) is 1.07. The molecule has 0 spiro atoms. The number of amides is 2. The molecule has 2 aliphatic heterocycles. The Morgan fingerprint density at radius 1 is 1.14 bits per heavy atom. The summed E-state index contributed by atoms with van der Waals surface area (Å²) >= 11 is 0. The number of nitrogens with zero attached hydrogens (tertiary/aromatic N) is 2. The van der Waals surface area contributed by atoms with Gasteiger partial charge in [0, 0.05) is 26.2 Å². The SMILES string of the molecule is C[C@H]1CN(CCCN2C(=O)c3ccccc3C2=O)CCO1. The summed E-state index contributed by atoms with van der Waals surface area (Å²) < 4.78 is 5.50. The lowest BCUT2D eigenvalue weighted by Crippen LogP contribution is -2.42. The van der Waals surface area contributed by atoms with Crippen LogP contribution in [0.1, 0.15) is 34.1 Å².